The molecule has 124 valence electrons. The first-order chi connectivity index (χ1) is 10.9. The maximum absolute atomic E-state index is 12.6. The highest BCUT2D eigenvalue weighted by atomic mass is 32.1. The highest BCUT2D eigenvalue weighted by molar-refractivity contribution is 7.09. The quantitative estimate of drug-likeness (QED) is 0.843. The number of hydrogen-bond donors (Lipinski definition) is 2. The molecule has 3 nitrogen and oxygen atoms in total. The summed E-state index contributed by atoms with van der Waals surface area (Å²) in [6.45, 7) is -0.120. The van der Waals surface area contributed by atoms with Crippen LogP contribution in [0.3, 0.4) is 0 Å². The van der Waals surface area contributed by atoms with E-state index in [-0.39, 0.29) is 24.4 Å². The van der Waals surface area contributed by atoms with Crippen LogP contribution in [-0.2, 0) is 17.4 Å². The van der Waals surface area contributed by atoms with Crippen LogP contribution in [0.1, 0.15) is 28.5 Å². The van der Waals surface area contributed by atoms with E-state index < -0.39 is 17.8 Å². The van der Waals surface area contributed by atoms with Crippen molar-refractivity contribution < 1.29 is 23.1 Å². The second-order valence-electron chi connectivity index (χ2n) is 5.02. The minimum atomic E-state index is -4.46. The van der Waals surface area contributed by atoms with Gasteiger partial charge < -0.3 is 10.4 Å². The Morgan fingerprint density at radius 3 is 2.70 bits per heavy atom. The van der Waals surface area contributed by atoms with Crippen molar-refractivity contribution >= 4 is 17.2 Å². The lowest BCUT2D eigenvalue weighted by Gasteiger charge is -2.14. The Hall–Kier alpha value is -1.86. The SMILES string of the molecule is O=C(CCc1cccs1)NC[C@H](O)c1cccc(C(F)(F)F)c1. The topological polar surface area (TPSA) is 49.3 Å². The summed E-state index contributed by atoms with van der Waals surface area (Å²) in [5.74, 6) is -0.246. The number of carbonyl (C=O) groups excluding carboxylic acids is 1. The third-order valence-electron chi connectivity index (χ3n) is 3.27. The molecule has 1 amide bonds. The number of hydrogen-bond acceptors (Lipinski definition) is 3. The van der Waals surface area contributed by atoms with E-state index in [1.165, 1.54) is 12.1 Å². The number of benzene rings is 1. The Labute approximate surface area is 135 Å². The van der Waals surface area contributed by atoms with Crippen LogP contribution in [0.15, 0.2) is 41.8 Å². The van der Waals surface area contributed by atoms with Crippen molar-refractivity contribution in [2.24, 2.45) is 0 Å². The number of alkyl halides is 3. The molecule has 2 N–H and O–H groups in total. The van der Waals surface area contributed by atoms with Crippen molar-refractivity contribution in [2.45, 2.75) is 25.1 Å². The molecule has 0 saturated carbocycles. The van der Waals surface area contributed by atoms with Gasteiger partial charge in [0, 0.05) is 17.8 Å². The van der Waals surface area contributed by atoms with Crippen LogP contribution >= 0.6 is 11.3 Å². The van der Waals surface area contributed by atoms with Gasteiger partial charge >= 0.3 is 6.18 Å². The molecule has 0 fully saturated rings. The molecule has 0 aliphatic carbocycles. The van der Waals surface area contributed by atoms with Crippen LogP contribution in [0.5, 0.6) is 0 Å². The number of aliphatic hydroxyl groups is 1. The Bertz CT molecular complexity index is 641. The Morgan fingerprint density at radius 1 is 1.26 bits per heavy atom. The zero-order chi connectivity index (χ0) is 16.9. The monoisotopic (exact) mass is 343 g/mol. The molecule has 0 bridgehead atoms. The van der Waals surface area contributed by atoms with Crippen LogP contribution in [0.25, 0.3) is 0 Å². The number of rotatable bonds is 6. The van der Waals surface area contributed by atoms with E-state index in [0.717, 1.165) is 17.0 Å². The predicted molar refractivity (Wildman–Crippen MR) is 82.1 cm³/mol. The maximum Gasteiger partial charge on any atom is 0.416 e. The second kappa shape index (κ2) is 7.61. The van der Waals surface area contributed by atoms with Crippen LogP contribution < -0.4 is 5.32 Å². The molecular formula is C16H16F3NO2S. The lowest BCUT2D eigenvalue weighted by atomic mass is 10.1. The van der Waals surface area contributed by atoms with Gasteiger partial charge in [-0.15, -0.1) is 11.3 Å². The number of aryl methyl sites for hydroxylation is 1. The van der Waals surface area contributed by atoms with E-state index >= 15 is 0 Å². The fraction of sp³-hybridized carbons (Fsp3) is 0.312. The van der Waals surface area contributed by atoms with Gasteiger partial charge in [0.1, 0.15) is 0 Å². The number of thiophene rings is 1. The molecule has 1 heterocycles. The first-order valence-corrected chi connectivity index (χ1v) is 7.88. The summed E-state index contributed by atoms with van der Waals surface area (Å²) in [5.41, 5.74) is -0.698. The number of amides is 1. The molecule has 0 aliphatic heterocycles. The average Bonchev–Trinajstić information content (AvgIpc) is 3.03. The number of aliphatic hydroxyl groups excluding tert-OH is 1. The molecule has 1 aromatic heterocycles. The molecule has 1 atom stereocenters. The minimum absolute atomic E-state index is 0.120. The Morgan fingerprint density at radius 2 is 2.04 bits per heavy atom. The van der Waals surface area contributed by atoms with E-state index in [4.69, 9.17) is 0 Å². The van der Waals surface area contributed by atoms with E-state index in [1.807, 2.05) is 17.5 Å². The summed E-state index contributed by atoms with van der Waals surface area (Å²) >= 11 is 1.55. The largest absolute Gasteiger partial charge is 0.416 e. The summed E-state index contributed by atoms with van der Waals surface area (Å²) in [5, 5.41) is 14.4. The third kappa shape index (κ3) is 5.37. The zero-order valence-electron chi connectivity index (χ0n) is 12.1. The van der Waals surface area contributed by atoms with Crippen LogP contribution in [0.4, 0.5) is 13.2 Å². The van der Waals surface area contributed by atoms with Gasteiger partial charge in [0.15, 0.2) is 0 Å². The summed E-state index contributed by atoms with van der Waals surface area (Å²) in [4.78, 5) is 12.8. The number of nitrogens with one attached hydrogen (secondary N) is 1. The number of halogens is 3. The molecule has 0 unspecified atom stereocenters. The van der Waals surface area contributed by atoms with E-state index in [1.54, 1.807) is 11.3 Å². The normalized spacial score (nSPS) is 12.9. The molecule has 0 aliphatic rings. The molecule has 0 spiro atoms. The van der Waals surface area contributed by atoms with Gasteiger partial charge in [-0.1, -0.05) is 18.2 Å². The molecule has 0 radical (unpaired) electrons. The third-order valence-corrected chi connectivity index (χ3v) is 4.21. The van der Waals surface area contributed by atoms with Crippen LogP contribution in [-0.4, -0.2) is 17.6 Å². The lowest BCUT2D eigenvalue weighted by molar-refractivity contribution is -0.137. The van der Waals surface area contributed by atoms with Crippen molar-refractivity contribution in [3.8, 4) is 0 Å². The predicted octanol–water partition coefficient (Wildman–Crippen LogP) is 3.55. The van der Waals surface area contributed by atoms with E-state index in [0.29, 0.717) is 6.42 Å². The van der Waals surface area contributed by atoms with Crippen LogP contribution in [0.2, 0.25) is 0 Å². The van der Waals surface area contributed by atoms with Crippen molar-refractivity contribution in [3.05, 3.63) is 57.8 Å². The summed E-state index contributed by atoms with van der Waals surface area (Å²) in [7, 11) is 0. The van der Waals surface area contributed by atoms with Gasteiger partial charge in [-0.25, -0.2) is 0 Å². The molecule has 2 rings (SSSR count). The van der Waals surface area contributed by atoms with Gasteiger partial charge in [-0.2, -0.15) is 13.2 Å². The van der Waals surface area contributed by atoms with Gasteiger partial charge in [-0.3, -0.25) is 4.79 Å². The van der Waals surface area contributed by atoms with Crippen LogP contribution in [0, 0.1) is 0 Å². The summed E-state index contributed by atoms with van der Waals surface area (Å²) < 4.78 is 37.9. The Kier molecular flexibility index (Phi) is 5.79. The van der Waals surface area contributed by atoms with Gasteiger partial charge in [0.25, 0.3) is 0 Å². The maximum atomic E-state index is 12.6. The standard InChI is InChI=1S/C16H16F3NO2S/c17-16(18,19)12-4-1-3-11(9-12)14(21)10-20-15(22)7-6-13-5-2-8-23-13/h1-5,8-9,14,21H,6-7,10H2,(H,20,22)/t14-/m0/s1. The first kappa shape index (κ1) is 17.5. The molecule has 23 heavy (non-hydrogen) atoms. The van der Waals surface area contributed by atoms with Crippen molar-refractivity contribution in [3.63, 3.8) is 0 Å². The second-order valence-corrected chi connectivity index (χ2v) is 6.05. The first-order valence-electron chi connectivity index (χ1n) is 7.00. The summed E-state index contributed by atoms with van der Waals surface area (Å²) in [6.07, 6.45) is -4.76. The number of carbonyl (C=O) groups is 1. The van der Waals surface area contributed by atoms with E-state index in [9.17, 15) is 23.1 Å². The Balaban J connectivity index is 1.84. The van der Waals surface area contributed by atoms with Crippen molar-refractivity contribution in [1.29, 1.82) is 0 Å². The van der Waals surface area contributed by atoms with Gasteiger partial charge in [0.2, 0.25) is 5.91 Å². The van der Waals surface area contributed by atoms with E-state index in [2.05, 4.69) is 5.32 Å². The molecule has 7 heteroatoms. The molecule has 2 aromatic rings. The minimum Gasteiger partial charge on any atom is -0.387 e. The molecule has 1 aromatic carbocycles. The molecule has 0 saturated heterocycles. The van der Waals surface area contributed by atoms with Gasteiger partial charge in [-0.05, 0) is 35.6 Å². The average molecular weight is 343 g/mol. The highest BCUT2D eigenvalue weighted by Crippen LogP contribution is 2.30. The fourth-order valence-corrected chi connectivity index (χ4v) is 2.74. The fourth-order valence-electron chi connectivity index (χ4n) is 2.03. The van der Waals surface area contributed by atoms with Crippen molar-refractivity contribution in [1.82, 2.24) is 5.32 Å². The summed E-state index contributed by atoms with van der Waals surface area (Å²) in [6, 6.07) is 8.29. The zero-order valence-corrected chi connectivity index (χ0v) is 13.0. The highest BCUT2D eigenvalue weighted by Gasteiger charge is 2.30. The smallest absolute Gasteiger partial charge is 0.387 e. The van der Waals surface area contributed by atoms with Gasteiger partial charge in [0.05, 0.1) is 11.7 Å². The van der Waals surface area contributed by atoms with Crippen molar-refractivity contribution in [2.75, 3.05) is 6.54 Å². The molecular weight excluding hydrogens is 327 g/mol. The lowest BCUT2D eigenvalue weighted by Crippen LogP contribution is -2.28.